The van der Waals surface area contributed by atoms with Crippen LogP contribution in [0.15, 0.2) is 41.8 Å². The molecule has 0 saturated carbocycles. The van der Waals surface area contributed by atoms with E-state index < -0.39 is 0 Å². The Labute approximate surface area is 141 Å². The third-order valence-corrected chi connectivity index (χ3v) is 3.56. The lowest BCUT2D eigenvalue weighted by Gasteiger charge is -2.10. The van der Waals surface area contributed by atoms with Gasteiger partial charge in [-0.25, -0.2) is 5.43 Å². The number of nitrogens with one attached hydrogen (secondary N) is 1. The molecule has 1 aromatic heterocycles. The number of carbonyl (C=O) groups excluding carboxylic acids is 1. The van der Waals surface area contributed by atoms with E-state index in [2.05, 4.69) is 38.1 Å². The van der Waals surface area contributed by atoms with E-state index in [-0.39, 0.29) is 5.91 Å². The SMILES string of the molecule is COc1cc(/C=N\NC(=O)c2cccnc2)cc(I)c1OC. The van der Waals surface area contributed by atoms with Gasteiger partial charge in [-0.15, -0.1) is 0 Å². The second-order valence-corrected chi connectivity index (χ2v) is 5.34. The fourth-order valence-electron chi connectivity index (χ4n) is 1.74. The molecule has 7 heteroatoms. The predicted molar refractivity (Wildman–Crippen MR) is 91.6 cm³/mol. The monoisotopic (exact) mass is 411 g/mol. The summed E-state index contributed by atoms with van der Waals surface area (Å²) >= 11 is 2.15. The second kappa shape index (κ2) is 7.74. The van der Waals surface area contributed by atoms with Gasteiger partial charge < -0.3 is 9.47 Å². The fourth-order valence-corrected chi connectivity index (χ4v) is 2.59. The van der Waals surface area contributed by atoms with Gasteiger partial charge in [-0.3, -0.25) is 9.78 Å². The zero-order chi connectivity index (χ0) is 15.9. The van der Waals surface area contributed by atoms with Gasteiger partial charge in [0.25, 0.3) is 5.91 Å². The van der Waals surface area contributed by atoms with Gasteiger partial charge in [-0.05, 0) is 52.4 Å². The van der Waals surface area contributed by atoms with Gasteiger partial charge in [0.1, 0.15) is 0 Å². The highest BCUT2D eigenvalue weighted by Gasteiger charge is 2.09. The lowest BCUT2D eigenvalue weighted by Crippen LogP contribution is -2.17. The van der Waals surface area contributed by atoms with Crippen molar-refractivity contribution in [2.45, 2.75) is 0 Å². The number of hydrogen-bond donors (Lipinski definition) is 1. The highest BCUT2D eigenvalue weighted by Crippen LogP contribution is 2.32. The second-order valence-electron chi connectivity index (χ2n) is 4.18. The molecule has 6 nitrogen and oxygen atoms in total. The smallest absolute Gasteiger partial charge is 0.272 e. The molecule has 2 rings (SSSR count). The van der Waals surface area contributed by atoms with Crippen LogP contribution in [0.1, 0.15) is 15.9 Å². The van der Waals surface area contributed by atoms with Crippen molar-refractivity contribution in [3.05, 3.63) is 51.4 Å². The summed E-state index contributed by atoms with van der Waals surface area (Å²) in [7, 11) is 3.15. The molecule has 114 valence electrons. The van der Waals surface area contributed by atoms with Crippen molar-refractivity contribution in [1.82, 2.24) is 10.4 Å². The van der Waals surface area contributed by atoms with Crippen molar-refractivity contribution >= 4 is 34.7 Å². The Kier molecular flexibility index (Phi) is 5.70. The van der Waals surface area contributed by atoms with Crippen molar-refractivity contribution in [2.24, 2.45) is 5.10 Å². The predicted octanol–water partition coefficient (Wildman–Crippen LogP) is 2.47. The lowest BCUT2D eigenvalue weighted by atomic mass is 10.2. The number of hydrazone groups is 1. The quantitative estimate of drug-likeness (QED) is 0.466. The first kappa shape index (κ1) is 16.2. The highest BCUT2D eigenvalue weighted by molar-refractivity contribution is 14.1. The molecule has 1 amide bonds. The third kappa shape index (κ3) is 3.94. The molecule has 1 aromatic carbocycles. The molecule has 0 spiro atoms. The fraction of sp³-hybridized carbons (Fsp3) is 0.133. The molecular formula is C15H14IN3O3. The number of amides is 1. The minimum atomic E-state index is -0.320. The number of nitrogens with zero attached hydrogens (tertiary/aromatic N) is 2. The normalized spacial score (nSPS) is 10.5. The van der Waals surface area contributed by atoms with Crippen LogP contribution in [0.25, 0.3) is 0 Å². The van der Waals surface area contributed by atoms with E-state index in [4.69, 9.17) is 9.47 Å². The van der Waals surface area contributed by atoms with Crippen molar-refractivity contribution < 1.29 is 14.3 Å². The molecule has 0 bridgehead atoms. The molecule has 0 aliphatic rings. The van der Waals surface area contributed by atoms with E-state index in [0.29, 0.717) is 17.1 Å². The number of rotatable bonds is 5. The number of ether oxygens (including phenoxy) is 2. The van der Waals surface area contributed by atoms with Crippen molar-refractivity contribution in [3.63, 3.8) is 0 Å². The summed E-state index contributed by atoms with van der Waals surface area (Å²) in [5, 5.41) is 3.94. The van der Waals surface area contributed by atoms with Crippen molar-refractivity contribution in [1.29, 1.82) is 0 Å². The summed E-state index contributed by atoms with van der Waals surface area (Å²) in [5.74, 6) is 0.952. The molecule has 0 atom stereocenters. The molecule has 0 aliphatic carbocycles. The maximum atomic E-state index is 11.8. The van der Waals surface area contributed by atoms with E-state index >= 15 is 0 Å². The number of methoxy groups -OCH3 is 2. The number of carbonyl (C=O) groups is 1. The molecule has 1 N–H and O–H groups in total. The van der Waals surface area contributed by atoms with E-state index in [1.165, 1.54) is 6.20 Å². The zero-order valence-electron chi connectivity index (χ0n) is 12.0. The summed E-state index contributed by atoms with van der Waals surface area (Å²) in [5.41, 5.74) is 3.68. The van der Waals surface area contributed by atoms with E-state index in [1.807, 2.05) is 6.07 Å². The Morgan fingerprint density at radius 1 is 1.36 bits per heavy atom. The average Bonchev–Trinajstić information content (AvgIpc) is 2.55. The van der Waals surface area contributed by atoms with Gasteiger partial charge in [0.2, 0.25) is 0 Å². The topological polar surface area (TPSA) is 72.8 Å². The number of aromatic nitrogens is 1. The molecule has 0 radical (unpaired) electrons. The number of halogens is 1. The van der Waals surface area contributed by atoms with Crippen molar-refractivity contribution in [2.75, 3.05) is 14.2 Å². The molecule has 0 aliphatic heterocycles. The van der Waals surface area contributed by atoms with E-state index in [1.54, 1.807) is 44.8 Å². The molecule has 0 saturated heterocycles. The highest BCUT2D eigenvalue weighted by atomic mass is 127. The number of hydrogen-bond acceptors (Lipinski definition) is 5. The average molecular weight is 411 g/mol. The van der Waals surface area contributed by atoms with Crippen LogP contribution in [-0.4, -0.2) is 31.3 Å². The molecule has 2 aromatic rings. The molecular weight excluding hydrogens is 397 g/mol. The van der Waals surface area contributed by atoms with E-state index in [9.17, 15) is 4.79 Å². The zero-order valence-corrected chi connectivity index (χ0v) is 14.2. The largest absolute Gasteiger partial charge is 0.493 e. The third-order valence-electron chi connectivity index (χ3n) is 2.76. The number of benzene rings is 1. The Balaban J connectivity index is 2.10. The molecule has 0 unspecified atom stereocenters. The Bertz CT molecular complexity index is 690. The van der Waals surface area contributed by atoms with Crippen LogP contribution in [-0.2, 0) is 0 Å². The van der Waals surface area contributed by atoms with Crippen LogP contribution in [0, 0.1) is 3.57 Å². The summed E-state index contributed by atoms with van der Waals surface area (Å²) in [6.45, 7) is 0. The Morgan fingerprint density at radius 3 is 2.82 bits per heavy atom. The minimum Gasteiger partial charge on any atom is -0.493 e. The van der Waals surface area contributed by atoms with Crippen LogP contribution >= 0.6 is 22.6 Å². The van der Waals surface area contributed by atoms with Gasteiger partial charge in [0.05, 0.1) is 29.6 Å². The van der Waals surface area contributed by atoms with Crippen LogP contribution in [0.3, 0.4) is 0 Å². The summed E-state index contributed by atoms with van der Waals surface area (Å²) < 4.78 is 11.4. The molecule has 22 heavy (non-hydrogen) atoms. The van der Waals surface area contributed by atoms with Gasteiger partial charge in [0, 0.05) is 12.4 Å². The van der Waals surface area contributed by atoms with Crippen LogP contribution in [0.2, 0.25) is 0 Å². The van der Waals surface area contributed by atoms with Crippen LogP contribution < -0.4 is 14.9 Å². The van der Waals surface area contributed by atoms with Crippen LogP contribution in [0.4, 0.5) is 0 Å². The summed E-state index contributed by atoms with van der Waals surface area (Å²) in [6, 6.07) is 7.01. The molecule has 0 fully saturated rings. The lowest BCUT2D eigenvalue weighted by molar-refractivity contribution is 0.0955. The van der Waals surface area contributed by atoms with Crippen molar-refractivity contribution in [3.8, 4) is 11.5 Å². The maximum absolute atomic E-state index is 11.8. The maximum Gasteiger partial charge on any atom is 0.272 e. The van der Waals surface area contributed by atoms with Gasteiger partial charge in [-0.2, -0.15) is 5.10 Å². The van der Waals surface area contributed by atoms with Gasteiger partial charge >= 0.3 is 0 Å². The van der Waals surface area contributed by atoms with E-state index in [0.717, 1.165) is 9.13 Å². The Hall–Kier alpha value is -2.16. The minimum absolute atomic E-state index is 0.320. The van der Waals surface area contributed by atoms with Crippen LogP contribution in [0.5, 0.6) is 11.5 Å². The number of pyridine rings is 1. The first-order valence-electron chi connectivity index (χ1n) is 6.30. The molecule has 1 heterocycles. The first-order valence-corrected chi connectivity index (χ1v) is 7.38. The van der Waals surface area contributed by atoms with Gasteiger partial charge in [-0.1, -0.05) is 0 Å². The standard InChI is InChI=1S/C15H14IN3O3/c1-21-13-7-10(6-12(16)14(13)22-2)8-18-19-15(20)11-4-3-5-17-9-11/h3-9H,1-2H3,(H,19,20)/b18-8-. The van der Waals surface area contributed by atoms with Gasteiger partial charge in [0.15, 0.2) is 11.5 Å². The summed E-state index contributed by atoms with van der Waals surface area (Å²) in [4.78, 5) is 15.7. The summed E-state index contributed by atoms with van der Waals surface area (Å²) in [6.07, 6.45) is 4.62. The Morgan fingerprint density at radius 2 is 2.18 bits per heavy atom. The first-order chi connectivity index (χ1) is 10.7.